The van der Waals surface area contributed by atoms with Gasteiger partial charge in [0, 0.05) is 12.6 Å². The molecule has 1 aromatic heterocycles. The Morgan fingerprint density at radius 1 is 1.52 bits per heavy atom. The van der Waals surface area contributed by atoms with Gasteiger partial charge in [0.2, 0.25) is 5.91 Å². The van der Waals surface area contributed by atoms with Gasteiger partial charge in [-0.25, -0.2) is 0 Å². The number of hydrogen-bond acceptors (Lipinski definition) is 4. The summed E-state index contributed by atoms with van der Waals surface area (Å²) in [5.74, 6) is 0.251. The van der Waals surface area contributed by atoms with Crippen molar-refractivity contribution in [2.75, 3.05) is 20.1 Å². The first-order valence-corrected chi connectivity index (χ1v) is 8.80. The van der Waals surface area contributed by atoms with Crippen molar-refractivity contribution in [3.05, 3.63) is 22.4 Å². The average Bonchev–Trinajstić information content (AvgIpc) is 3.17. The van der Waals surface area contributed by atoms with Crippen LogP contribution in [-0.4, -0.2) is 47.4 Å². The van der Waals surface area contributed by atoms with E-state index in [0.717, 1.165) is 19.5 Å². The highest BCUT2D eigenvalue weighted by molar-refractivity contribution is 7.07. The van der Waals surface area contributed by atoms with Crippen LogP contribution in [-0.2, 0) is 4.79 Å². The Morgan fingerprint density at radius 3 is 2.90 bits per heavy atom. The van der Waals surface area contributed by atoms with E-state index in [2.05, 4.69) is 45.9 Å². The van der Waals surface area contributed by atoms with E-state index in [0.29, 0.717) is 6.04 Å². The maximum atomic E-state index is 12.9. The second kappa shape index (κ2) is 5.71. The molecule has 2 aliphatic heterocycles. The number of rotatable bonds is 4. The number of nitrogens with zero attached hydrogens (tertiary/aromatic N) is 2. The van der Waals surface area contributed by atoms with Crippen LogP contribution in [0.4, 0.5) is 0 Å². The van der Waals surface area contributed by atoms with E-state index in [1.807, 2.05) is 6.92 Å². The average molecular weight is 307 g/mol. The van der Waals surface area contributed by atoms with Crippen LogP contribution in [0.2, 0.25) is 0 Å². The van der Waals surface area contributed by atoms with Crippen molar-refractivity contribution in [3.8, 4) is 0 Å². The fraction of sp³-hybridized carbons (Fsp3) is 0.688. The number of nitrogens with one attached hydrogen (secondary N) is 1. The van der Waals surface area contributed by atoms with Gasteiger partial charge in [-0.05, 0) is 62.2 Å². The molecular formula is C16H25N3OS. The van der Waals surface area contributed by atoms with Gasteiger partial charge in [0.1, 0.15) is 6.17 Å². The summed E-state index contributed by atoms with van der Waals surface area (Å²) in [7, 11) is 2.17. The van der Waals surface area contributed by atoms with Gasteiger partial charge in [0.15, 0.2) is 0 Å². The van der Waals surface area contributed by atoms with Gasteiger partial charge in [-0.1, -0.05) is 6.92 Å². The first-order valence-electron chi connectivity index (χ1n) is 7.86. The molecule has 116 valence electrons. The molecule has 3 unspecified atom stereocenters. The fourth-order valence-corrected chi connectivity index (χ4v) is 4.13. The molecule has 0 bridgehead atoms. The molecule has 1 aromatic rings. The number of thiophene rings is 1. The van der Waals surface area contributed by atoms with E-state index in [1.54, 1.807) is 11.3 Å². The standard InChI is InChI=1S/C16H25N3OS/c1-4-16(2)15(20)19(10-13-6-5-8-18(13)3)14(17-16)12-7-9-21-11-12/h7,9,11,13-14,17H,4-6,8,10H2,1-3H3. The molecule has 0 aromatic carbocycles. The van der Waals surface area contributed by atoms with Gasteiger partial charge in [0.25, 0.3) is 0 Å². The van der Waals surface area contributed by atoms with Crippen molar-refractivity contribution >= 4 is 17.2 Å². The predicted molar refractivity (Wildman–Crippen MR) is 86.3 cm³/mol. The van der Waals surface area contributed by atoms with E-state index in [-0.39, 0.29) is 12.1 Å². The van der Waals surface area contributed by atoms with Crippen molar-refractivity contribution in [1.82, 2.24) is 15.1 Å². The zero-order valence-electron chi connectivity index (χ0n) is 13.1. The van der Waals surface area contributed by atoms with Crippen LogP contribution in [0.3, 0.4) is 0 Å². The lowest BCUT2D eigenvalue weighted by molar-refractivity contribution is -0.133. The lowest BCUT2D eigenvalue weighted by atomic mass is 9.99. The summed E-state index contributed by atoms with van der Waals surface area (Å²) in [6.07, 6.45) is 3.29. The third-order valence-corrected chi connectivity index (χ3v) is 5.85. The Kier molecular flexibility index (Phi) is 4.08. The second-order valence-electron chi connectivity index (χ2n) is 6.52. The van der Waals surface area contributed by atoms with E-state index in [4.69, 9.17) is 0 Å². The van der Waals surface area contributed by atoms with E-state index in [9.17, 15) is 4.79 Å². The Balaban J connectivity index is 1.84. The Hall–Kier alpha value is -0.910. The zero-order valence-corrected chi connectivity index (χ0v) is 13.9. The van der Waals surface area contributed by atoms with Gasteiger partial charge in [0.05, 0.1) is 5.54 Å². The molecule has 4 nitrogen and oxygen atoms in total. The summed E-state index contributed by atoms with van der Waals surface area (Å²) in [5, 5.41) is 7.81. The van der Waals surface area contributed by atoms with Crippen molar-refractivity contribution in [2.45, 2.75) is 50.9 Å². The molecule has 1 N–H and O–H groups in total. The molecule has 3 atom stereocenters. The molecule has 2 aliphatic rings. The molecule has 1 amide bonds. The summed E-state index contributed by atoms with van der Waals surface area (Å²) >= 11 is 1.69. The highest BCUT2D eigenvalue weighted by atomic mass is 32.1. The van der Waals surface area contributed by atoms with Gasteiger partial charge < -0.3 is 9.80 Å². The molecule has 21 heavy (non-hydrogen) atoms. The Bertz CT molecular complexity index is 504. The normalized spacial score (nSPS) is 34.0. The largest absolute Gasteiger partial charge is 0.320 e. The Morgan fingerprint density at radius 2 is 2.33 bits per heavy atom. The molecule has 2 fully saturated rings. The molecule has 0 spiro atoms. The second-order valence-corrected chi connectivity index (χ2v) is 7.30. The van der Waals surface area contributed by atoms with Crippen LogP contribution >= 0.6 is 11.3 Å². The van der Waals surface area contributed by atoms with Crippen LogP contribution in [0.5, 0.6) is 0 Å². The molecule has 0 saturated carbocycles. The maximum absolute atomic E-state index is 12.9. The van der Waals surface area contributed by atoms with Crippen LogP contribution in [0, 0.1) is 0 Å². The summed E-state index contributed by atoms with van der Waals surface area (Å²) < 4.78 is 0. The third kappa shape index (κ3) is 2.62. The van der Waals surface area contributed by atoms with E-state index >= 15 is 0 Å². The molecule has 0 aliphatic carbocycles. The molecular weight excluding hydrogens is 282 g/mol. The predicted octanol–water partition coefficient (Wildman–Crippen LogP) is 2.44. The van der Waals surface area contributed by atoms with Gasteiger partial charge >= 0.3 is 0 Å². The number of likely N-dealkylation sites (N-methyl/N-ethyl adjacent to an activating group) is 1. The molecule has 3 rings (SSSR count). The van der Waals surface area contributed by atoms with Gasteiger partial charge in [-0.15, -0.1) is 0 Å². The zero-order chi connectivity index (χ0) is 15.0. The summed E-state index contributed by atoms with van der Waals surface area (Å²) in [6, 6.07) is 2.62. The lowest BCUT2D eigenvalue weighted by Crippen LogP contribution is -2.45. The SMILES string of the molecule is CCC1(C)NC(c2ccsc2)N(CC2CCCN2C)C1=O. The summed E-state index contributed by atoms with van der Waals surface area (Å²) in [4.78, 5) is 17.4. The lowest BCUT2D eigenvalue weighted by Gasteiger charge is -2.29. The fourth-order valence-electron chi connectivity index (χ4n) is 3.45. The van der Waals surface area contributed by atoms with E-state index in [1.165, 1.54) is 18.4 Å². The summed E-state index contributed by atoms with van der Waals surface area (Å²) in [5.41, 5.74) is 0.787. The first-order chi connectivity index (χ1) is 10.0. The van der Waals surface area contributed by atoms with Gasteiger partial charge in [-0.3, -0.25) is 10.1 Å². The summed E-state index contributed by atoms with van der Waals surface area (Å²) in [6.45, 7) is 6.10. The number of amides is 1. The van der Waals surface area contributed by atoms with Crippen LogP contribution in [0.15, 0.2) is 16.8 Å². The Labute approximate surface area is 131 Å². The van der Waals surface area contributed by atoms with Crippen molar-refractivity contribution in [2.24, 2.45) is 0 Å². The van der Waals surface area contributed by atoms with Gasteiger partial charge in [-0.2, -0.15) is 11.3 Å². The molecule has 3 heterocycles. The number of hydrogen-bond donors (Lipinski definition) is 1. The third-order valence-electron chi connectivity index (χ3n) is 5.14. The molecule has 5 heteroatoms. The van der Waals surface area contributed by atoms with Crippen LogP contribution in [0.25, 0.3) is 0 Å². The number of carbonyl (C=O) groups excluding carboxylic acids is 1. The van der Waals surface area contributed by atoms with Crippen molar-refractivity contribution in [3.63, 3.8) is 0 Å². The topological polar surface area (TPSA) is 35.6 Å². The quantitative estimate of drug-likeness (QED) is 0.928. The minimum absolute atomic E-state index is 0.0303. The number of carbonyl (C=O) groups is 1. The van der Waals surface area contributed by atoms with Crippen LogP contribution < -0.4 is 5.32 Å². The maximum Gasteiger partial charge on any atom is 0.244 e. The van der Waals surface area contributed by atoms with Crippen LogP contribution in [0.1, 0.15) is 44.8 Å². The highest BCUT2D eigenvalue weighted by Crippen LogP contribution is 2.34. The molecule has 2 saturated heterocycles. The van der Waals surface area contributed by atoms with Crippen molar-refractivity contribution < 1.29 is 4.79 Å². The minimum Gasteiger partial charge on any atom is -0.320 e. The minimum atomic E-state index is -0.427. The number of likely N-dealkylation sites (tertiary alicyclic amines) is 1. The first kappa shape index (κ1) is 15.0. The highest BCUT2D eigenvalue weighted by Gasteiger charge is 2.48. The molecule has 0 radical (unpaired) electrons. The van der Waals surface area contributed by atoms with Crippen molar-refractivity contribution in [1.29, 1.82) is 0 Å². The van der Waals surface area contributed by atoms with E-state index < -0.39 is 5.54 Å². The monoisotopic (exact) mass is 307 g/mol. The smallest absolute Gasteiger partial charge is 0.244 e.